The van der Waals surface area contributed by atoms with Crippen LogP contribution in [0.1, 0.15) is 24.8 Å². The summed E-state index contributed by atoms with van der Waals surface area (Å²) in [5, 5.41) is 0. The smallest absolute Gasteiger partial charge is 0.308 e. The minimum atomic E-state index is -0.362. The predicted molar refractivity (Wildman–Crippen MR) is 83.1 cm³/mol. The Morgan fingerprint density at radius 1 is 1.17 bits per heavy atom. The van der Waals surface area contributed by atoms with Crippen LogP contribution in [0.3, 0.4) is 0 Å². The number of carbonyl (C=O) groups is 1. The van der Waals surface area contributed by atoms with Gasteiger partial charge in [-0.25, -0.2) is 0 Å². The van der Waals surface area contributed by atoms with Gasteiger partial charge in [0.05, 0.1) is 39.5 Å². The molecule has 0 radical (unpaired) electrons. The largest absolute Gasteiger partial charge is 0.497 e. The Hall–Kier alpha value is -1.63. The highest BCUT2D eigenvalue weighted by molar-refractivity contribution is 5.69. The molecular formula is C17H24O6. The van der Waals surface area contributed by atoms with Crippen molar-refractivity contribution in [1.82, 2.24) is 0 Å². The van der Waals surface area contributed by atoms with Crippen molar-refractivity contribution in [2.45, 2.75) is 44.4 Å². The highest BCUT2D eigenvalue weighted by Gasteiger charge is 2.31. The summed E-state index contributed by atoms with van der Waals surface area (Å²) in [4.78, 5) is 11.4. The second-order valence-corrected chi connectivity index (χ2v) is 5.46. The molecule has 0 saturated carbocycles. The lowest BCUT2D eigenvalue weighted by Crippen LogP contribution is -2.39. The minimum Gasteiger partial charge on any atom is -0.497 e. The van der Waals surface area contributed by atoms with Gasteiger partial charge in [0.2, 0.25) is 0 Å². The SMILES string of the molecule is COC(=O)C[C@H]1C[C@@H](OCc2ccc(OC)cc2)CC(OC)O1. The quantitative estimate of drug-likeness (QED) is 0.717. The fourth-order valence-electron chi connectivity index (χ4n) is 2.55. The van der Waals surface area contributed by atoms with Gasteiger partial charge in [-0.05, 0) is 17.7 Å². The molecule has 6 nitrogen and oxygen atoms in total. The van der Waals surface area contributed by atoms with E-state index in [9.17, 15) is 4.79 Å². The van der Waals surface area contributed by atoms with E-state index in [1.807, 2.05) is 24.3 Å². The molecule has 128 valence electrons. The highest BCUT2D eigenvalue weighted by atomic mass is 16.7. The molecule has 1 unspecified atom stereocenters. The number of rotatable bonds is 7. The van der Waals surface area contributed by atoms with Crippen molar-refractivity contribution >= 4 is 5.97 Å². The molecule has 1 aromatic rings. The van der Waals surface area contributed by atoms with Gasteiger partial charge < -0.3 is 23.7 Å². The average Bonchev–Trinajstić information content (AvgIpc) is 2.60. The van der Waals surface area contributed by atoms with Crippen LogP contribution in [0.5, 0.6) is 5.75 Å². The summed E-state index contributed by atoms with van der Waals surface area (Å²) in [6.07, 6.45) is 0.862. The van der Waals surface area contributed by atoms with E-state index in [1.165, 1.54) is 7.11 Å². The van der Waals surface area contributed by atoms with Gasteiger partial charge in [0.1, 0.15) is 5.75 Å². The lowest BCUT2D eigenvalue weighted by molar-refractivity contribution is -0.215. The number of carbonyl (C=O) groups excluding carboxylic acids is 1. The molecule has 1 fully saturated rings. The number of benzene rings is 1. The number of methoxy groups -OCH3 is 3. The van der Waals surface area contributed by atoms with E-state index in [0.29, 0.717) is 19.4 Å². The Morgan fingerprint density at radius 3 is 2.52 bits per heavy atom. The molecule has 1 aromatic carbocycles. The van der Waals surface area contributed by atoms with Crippen LogP contribution in [0.15, 0.2) is 24.3 Å². The standard InChI is InChI=1S/C17H24O6/c1-19-13-6-4-12(5-7-13)11-22-14-8-15(9-16(18)20-2)23-17(10-14)21-3/h4-7,14-15,17H,8-11H2,1-3H3/t14-,15-,17?/m1/s1. The van der Waals surface area contributed by atoms with Crippen LogP contribution in [0.2, 0.25) is 0 Å². The zero-order chi connectivity index (χ0) is 16.7. The third-order valence-corrected chi connectivity index (χ3v) is 3.86. The average molecular weight is 324 g/mol. The zero-order valence-electron chi connectivity index (χ0n) is 13.8. The first-order chi connectivity index (χ1) is 11.1. The van der Waals surface area contributed by atoms with E-state index >= 15 is 0 Å². The first-order valence-corrected chi connectivity index (χ1v) is 7.64. The van der Waals surface area contributed by atoms with Gasteiger partial charge in [-0.3, -0.25) is 4.79 Å². The monoisotopic (exact) mass is 324 g/mol. The van der Waals surface area contributed by atoms with E-state index in [1.54, 1.807) is 14.2 Å². The molecule has 0 N–H and O–H groups in total. The Bertz CT molecular complexity index is 486. The molecule has 3 atom stereocenters. The van der Waals surface area contributed by atoms with Crippen LogP contribution in [0, 0.1) is 0 Å². The van der Waals surface area contributed by atoms with Crippen LogP contribution in [-0.4, -0.2) is 45.8 Å². The summed E-state index contributed by atoms with van der Waals surface area (Å²) >= 11 is 0. The lowest BCUT2D eigenvalue weighted by atomic mass is 10.0. The highest BCUT2D eigenvalue weighted by Crippen LogP contribution is 2.26. The number of ether oxygens (including phenoxy) is 5. The minimum absolute atomic E-state index is 0.0227. The van der Waals surface area contributed by atoms with Gasteiger partial charge >= 0.3 is 5.97 Å². The van der Waals surface area contributed by atoms with Crippen molar-refractivity contribution in [1.29, 1.82) is 0 Å². The van der Waals surface area contributed by atoms with Crippen LogP contribution in [-0.2, 0) is 30.3 Å². The van der Waals surface area contributed by atoms with E-state index < -0.39 is 0 Å². The molecule has 23 heavy (non-hydrogen) atoms. The molecule has 1 aliphatic heterocycles. The van der Waals surface area contributed by atoms with Crippen molar-refractivity contribution in [3.63, 3.8) is 0 Å². The third-order valence-electron chi connectivity index (χ3n) is 3.86. The first-order valence-electron chi connectivity index (χ1n) is 7.64. The predicted octanol–water partition coefficient (Wildman–Crippen LogP) is 2.29. The van der Waals surface area contributed by atoms with E-state index in [4.69, 9.17) is 23.7 Å². The maximum Gasteiger partial charge on any atom is 0.308 e. The molecular weight excluding hydrogens is 300 g/mol. The maximum atomic E-state index is 11.4. The van der Waals surface area contributed by atoms with Crippen LogP contribution < -0.4 is 4.74 Å². The topological polar surface area (TPSA) is 63.2 Å². The summed E-state index contributed by atoms with van der Waals surface area (Å²) in [6.45, 7) is 0.496. The van der Waals surface area contributed by atoms with Gasteiger partial charge in [-0.1, -0.05) is 12.1 Å². The zero-order valence-corrected chi connectivity index (χ0v) is 13.8. The van der Waals surface area contributed by atoms with E-state index in [2.05, 4.69) is 0 Å². The molecule has 2 rings (SSSR count). The maximum absolute atomic E-state index is 11.4. The van der Waals surface area contributed by atoms with Crippen molar-refractivity contribution in [2.75, 3.05) is 21.3 Å². The summed E-state index contributed by atoms with van der Waals surface area (Å²) in [7, 11) is 4.60. The molecule has 0 aliphatic carbocycles. The Kier molecular flexibility index (Phi) is 6.83. The van der Waals surface area contributed by atoms with Gasteiger partial charge in [-0.15, -0.1) is 0 Å². The van der Waals surface area contributed by atoms with E-state index in [0.717, 1.165) is 11.3 Å². The Labute approximate surface area is 136 Å². The second-order valence-electron chi connectivity index (χ2n) is 5.46. The van der Waals surface area contributed by atoms with E-state index in [-0.39, 0.29) is 30.9 Å². The molecule has 6 heteroatoms. The normalized spacial score (nSPS) is 24.2. The Balaban J connectivity index is 1.87. The van der Waals surface area contributed by atoms with Gasteiger partial charge in [0.15, 0.2) is 6.29 Å². The lowest BCUT2D eigenvalue weighted by Gasteiger charge is -2.34. The first kappa shape index (κ1) is 17.7. The van der Waals surface area contributed by atoms with Crippen molar-refractivity contribution < 1.29 is 28.5 Å². The van der Waals surface area contributed by atoms with Gasteiger partial charge in [0, 0.05) is 20.0 Å². The number of hydrogen-bond acceptors (Lipinski definition) is 6. The van der Waals surface area contributed by atoms with Crippen LogP contribution in [0.25, 0.3) is 0 Å². The summed E-state index contributed by atoms with van der Waals surface area (Å²) in [6, 6.07) is 7.75. The summed E-state index contributed by atoms with van der Waals surface area (Å²) in [5.74, 6) is 0.526. The van der Waals surface area contributed by atoms with Gasteiger partial charge in [-0.2, -0.15) is 0 Å². The molecule has 1 heterocycles. The number of esters is 1. The molecule has 1 aliphatic rings. The fraction of sp³-hybridized carbons (Fsp3) is 0.588. The summed E-state index contributed by atoms with van der Waals surface area (Å²) in [5.41, 5.74) is 1.07. The van der Waals surface area contributed by atoms with Crippen molar-refractivity contribution in [2.24, 2.45) is 0 Å². The summed E-state index contributed by atoms with van der Waals surface area (Å²) < 4.78 is 26.8. The van der Waals surface area contributed by atoms with Crippen LogP contribution >= 0.6 is 0 Å². The molecule has 0 aromatic heterocycles. The Morgan fingerprint density at radius 2 is 1.91 bits per heavy atom. The third kappa shape index (κ3) is 5.49. The second kappa shape index (κ2) is 8.86. The van der Waals surface area contributed by atoms with Crippen LogP contribution in [0.4, 0.5) is 0 Å². The molecule has 1 saturated heterocycles. The van der Waals surface area contributed by atoms with Crippen molar-refractivity contribution in [3.05, 3.63) is 29.8 Å². The van der Waals surface area contributed by atoms with Crippen molar-refractivity contribution in [3.8, 4) is 5.75 Å². The molecule has 0 bridgehead atoms. The fourth-order valence-corrected chi connectivity index (χ4v) is 2.55. The number of hydrogen-bond donors (Lipinski definition) is 0. The van der Waals surface area contributed by atoms with Gasteiger partial charge in [0.25, 0.3) is 0 Å². The molecule has 0 amide bonds. The molecule has 0 spiro atoms.